The Labute approximate surface area is 244 Å². The molecule has 2 atom stereocenters. The lowest BCUT2D eigenvalue weighted by molar-refractivity contribution is -0.135. The summed E-state index contributed by atoms with van der Waals surface area (Å²) in [5.41, 5.74) is 1.54. The van der Waals surface area contributed by atoms with Gasteiger partial charge in [-0.05, 0) is 66.9 Å². The second-order valence-electron chi connectivity index (χ2n) is 10.4. The number of hydrogen-bond acceptors (Lipinski definition) is 7. The molecule has 0 radical (unpaired) electrons. The largest absolute Gasteiger partial charge is 0.497 e. The van der Waals surface area contributed by atoms with Gasteiger partial charge in [-0.3, -0.25) is 4.79 Å². The predicted molar refractivity (Wildman–Crippen MR) is 155 cm³/mol. The third-order valence-corrected chi connectivity index (χ3v) is 8.25. The molecule has 9 nitrogen and oxygen atoms in total. The molecule has 0 unspecified atom stereocenters. The fourth-order valence-electron chi connectivity index (χ4n) is 5.60. The van der Waals surface area contributed by atoms with E-state index < -0.39 is 6.09 Å². The van der Waals surface area contributed by atoms with Gasteiger partial charge in [0.25, 0.3) is 0 Å². The number of nitriles is 1. The van der Waals surface area contributed by atoms with Gasteiger partial charge in [0.1, 0.15) is 23.4 Å². The monoisotopic (exact) mass is 573 g/mol. The van der Waals surface area contributed by atoms with E-state index in [1.165, 1.54) is 0 Å². The van der Waals surface area contributed by atoms with E-state index in [2.05, 4.69) is 16.0 Å². The first-order valence-electron chi connectivity index (χ1n) is 13.6. The normalized spacial score (nSPS) is 19.0. The van der Waals surface area contributed by atoms with Gasteiger partial charge >= 0.3 is 6.09 Å². The van der Waals surface area contributed by atoms with Crippen molar-refractivity contribution in [3.8, 4) is 17.6 Å². The summed E-state index contributed by atoms with van der Waals surface area (Å²) in [7, 11) is 3.30. The van der Waals surface area contributed by atoms with Gasteiger partial charge in [-0.15, -0.1) is 0 Å². The highest BCUT2D eigenvalue weighted by atomic mass is 35.5. The van der Waals surface area contributed by atoms with Crippen LogP contribution in [0.25, 0.3) is 0 Å². The number of carbonyl (C=O) groups is 2. The predicted octanol–water partition coefficient (Wildman–Crippen LogP) is 4.96. The van der Waals surface area contributed by atoms with Crippen LogP contribution in [0.5, 0.6) is 11.5 Å². The molecule has 10 heteroatoms. The Balaban J connectivity index is 1.27. The molecule has 2 aromatic carbocycles. The first kappa shape index (κ1) is 28.2. The van der Waals surface area contributed by atoms with Gasteiger partial charge in [0.05, 0.1) is 18.7 Å². The summed E-state index contributed by atoms with van der Waals surface area (Å²) in [4.78, 5) is 37.0. The molecule has 212 valence electrons. The zero-order valence-corrected chi connectivity index (χ0v) is 23.8. The molecule has 0 aliphatic carbocycles. The molecule has 5 rings (SSSR count). The minimum Gasteiger partial charge on any atom is -0.497 e. The molecule has 2 fully saturated rings. The Morgan fingerprint density at radius 2 is 1.68 bits per heavy atom. The highest BCUT2D eigenvalue weighted by Gasteiger charge is 2.42. The van der Waals surface area contributed by atoms with E-state index in [-0.39, 0.29) is 23.8 Å². The molecule has 41 heavy (non-hydrogen) atoms. The van der Waals surface area contributed by atoms with Crippen molar-refractivity contribution in [2.45, 2.75) is 24.8 Å². The van der Waals surface area contributed by atoms with Crippen LogP contribution in [0.15, 0.2) is 66.9 Å². The SMILES string of the molecule is COc1ccc(OC(=O)N(C)[C@@H]2CN(C(=O)C3CCN(c4ccc(C#N)cn4)CC3)C[C@H]2c2ccc(Cl)cc2)cc1. The number of halogens is 1. The minimum atomic E-state index is -0.489. The van der Waals surface area contributed by atoms with Crippen molar-refractivity contribution < 1.29 is 19.1 Å². The van der Waals surface area contributed by atoms with Crippen LogP contribution in [0.2, 0.25) is 5.02 Å². The van der Waals surface area contributed by atoms with Crippen LogP contribution in [0.1, 0.15) is 29.9 Å². The van der Waals surface area contributed by atoms with Crippen LogP contribution in [0.4, 0.5) is 10.6 Å². The molecule has 2 amide bonds. The van der Waals surface area contributed by atoms with Crippen molar-refractivity contribution in [1.82, 2.24) is 14.8 Å². The van der Waals surface area contributed by atoms with E-state index in [9.17, 15) is 9.59 Å². The zero-order chi connectivity index (χ0) is 28.9. The maximum atomic E-state index is 13.7. The molecule has 0 saturated carbocycles. The molecule has 1 aromatic heterocycles. The van der Waals surface area contributed by atoms with Gasteiger partial charge in [-0.1, -0.05) is 23.7 Å². The summed E-state index contributed by atoms with van der Waals surface area (Å²) < 4.78 is 10.8. The number of carbonyl (C=O) groups excluding carboxylic acids is 2. The van der Waals surface area contributed by atoms with Gasteiger partial charge in [0.15, 0.2) is 0 Å². The number of amides is 2. The summed E-state index contributed by atoms with van der Waals surface area (Å²) in [5, 5.41) is 9.66. The van der Waals surface area contributed by atoms with E-state index in [0.29, 0.717) is 61.1 Å². The number of methoxy groups -OCH3 is 1. The Bertz CT molecular complexity index is 1400. The van der Waals surface area contributed by atoms with Gasteiger partial charge in [0, 0.05) is 56.3 Å². The smallest absolute Gasteiger partial charge is 0.415 e. The second-order valence-corrected chi connectivity index (χ2v) is 10.8. The lowest BCUT2D eigenvalue weighted by Crippen LogP contribution is -2.45. The lowest BCUT2D eigenvalue weighted by atomic mass is 9.93. The fraction of sp³-hybridized carbons (Fsp3) is 0.355. The Kier molecular flexibility index (Phi) is 8.60. The fourth-order valence-corrected chi connectivity index (χ4v) is 5.73. The van der Waals surface area contributed by atoms with Crippen LogP contribution in [-0.2, 0) is 4.79 Å². The molecule has 3 aromatic rings. The molecule has 2 aliphatic heterocycles. The summed E-state index contributed by atoms with van der Waals surface area (Å²) in [6.45, 7) is 2.34. The maximum Gasteiger partial charge on any atom is 0.415 e. The maximum absolute atomic E-state index is 13.7. The Hall–Kier alpha value is -4.29. The molecule has 0 N–H and O–H groups in total. The highest BCUT2D eigenvalue weighted by Crippen LogP contribution is 2.34. The average Bonchev–Trinajstić information content (AvgIpc) is 3.46. The third kappa shape index (κ3) is 6.39. The molecule has 2 aliphatic rings. The molecule has 0 bridgehead atoms. The number of pyridine rings is 1. The topological polar surface area (TPSA) is 99.0 Å². The standard InChI is InChI=1S/C31H32ClN5O4/c1-35(31(39)41-26-10-8-25(40-2)9-11-26)28-20-37(19-27(28)22-4-6-24(32)7-5-22)30(38)23-13-15-36(16-14-23)29-12-3-21(17-33)18-34-29/h3-12,18,23,27-28H,13-16,19-20H2,1-2H3/t27-,28+/m0/s1. The van der Waals surface area contributed by atoms with Crippen molar-refractivity contribution in [2.24, 2.45) is 5.92 Å². The lowest BCUT2D eigenvalue weighted by Gasteiger charge is -2.34. The molecular formula is C31H32ClN5O4. The average molecular weight is 574 g/mol. The Morgan fingerprint density at radius 1 is 1.00 bits per heavy atom. The number of rotatable bonds is 6. The van der Waals surface area contributed by atoms with E-state index in [0.717, 1.165) is 11.4 Å². The first-order chi connectivity index (χ1) is 19.9. The van der Waals surface area contributed by atoms with E-state index in [1.54, 1.807) is 55.6 Å². The minimum absolute atomic E-state index is 0.0902. The van der Waals surface area contributed by atoms with Crippen molar-refractivity contribution >= 4 is 29.4 Å². The van der Waals surface area contributed by atoms with E-state index >= 15 is 0 Å². The van der Waals surface area contributed by atoms with Crippen LogP contribution < -0.4 is 14.4 Å². The number of benzene rings is 2. The van der Waals surface area contributed by atoms with Crippen LogP contribution >= 0.6 is 11.6 Å². The first-order valence-corrected chi connectivity index (χ1v) is 14.0. The molecule has 2 saturated heterocycles. The number of anilines is 1. The second kappa shape index (κ2) is 12.5. The number of nitrogens with zero attached hydrogens (tertiary/aromatic N) is 5. The van der Waals surface area contributed by atoms with Crippen molar-refractivity contribution in [2.75, 3.05) is 45.2 Å². The zero-order valence-electron chi connectivity index (χ0n) is 23.1. The summed E-state index contributed by atoms with van der Waals surface area (Å²) >= 11 is 6.15. The van der Waals surface area contributed by atoms with Crippen molar-refractivity contribution in [3.05, 3.63) is 83.0 Å². The van der Waals surface area contributed by atoms with Crippen LogP contribution in [0, 0.1) is 17.2 Å². The number of likely N-dealkylation sites (tertiary alicyclic amines) is 1. The Morgan fingerprint density at radius 3 is 2.29 bits per heavy atom. The summed E-state index contributed by atoms with van der Waals surface area (Å²) in [6.07, 6.45) is 2.51. The molecule has 3 heterocycles. The molecular weight excluding hydrogens is 542 g/mol. The van der Waals surface area contributed by atoms with Gasteiger partial charge < -0.3 is 24.2 Å². The number of hydrogen-bond donors (Lipinski definition) is 0. The van der Waals surface area contributed by atoms with Gasteiger partial charge in [0.2, 0.25) is 5.91 Å². The summed E-state index contributed by atoms with van der Waals surface area (Å²) in [5.74, 6) is 1.81. The number of ether oxygens (including phenoxy) is 2. The van der Waals surface area contributed by atoms with E-state index in [4.69, 9.17) is 26.3 Å². The summed E-state index contributed by atoms with van der Waals surface area (Å²) in [6, 6.07) is 19.9. The van der Waals surface area contributed by atoms with Crippen molar-refractivity contribution in [3.63, 3.8) is 0 Å². The third-order valence-electron chi connectivity index (χ3n) is 7.99. The van der Waals surface area contributed by atoms with E-state index in [1.807, 2.05) is 35.2 Å². The van der Waals surface area contributed by atoms with Crippen molar-refractivity contribution in [1.29, 1.82) is 5.26 Å². The number of likely N-dealkylation sites (N-methyl/N-ethyl adjacent to an activating group) is 1. The van der Waals surface area contributed by atoms with Crippen LogP contribution in [-0.4, -0.2) is 73.2 Å². The molecule has 0 spiro atoms. The quantitative estimate of drug-likeness (QED) is 0.411. The van der Waals surface area contributed by atoms with Gasteiger partial charge in [-0.2, -0.15) is 5.26 Å². The van der Waals surface area contributed by atoms with Gasteiger partial charge in [-0.25, -0.2) is 9.78 Å². The highest BCUT2D eigenvalue weighted by molar-refractivity contribution is 6.30. The van der Waals surface area contributed by atoms with Crippen LogP contribution in [0.3, 0.4) is 0 Å². The number of aromatic nitrogens is 1. The number of piperidine rings is 1.